The van der Waals surface area contributed by atoms with Crippen LogP contribution in [0.15, 0.2) is 47.8 Å². The van der Waals surface area contributed by atoms with E-state index in [2.05, 4.69) is 55.4 Å². The summed E-state index contributed by atoms with van der Waals surface area (Å²) in [5, 5.41) is 7.18. The molecule has 2 N–H and O–H groups in total. The average Bonchev–Trinajstić information content (AvgIpc) is 2.72. The van der Waals surface area contributed by atoms with Crippen LogP contribution < -0.4 is 10.6 Å². The van der Waals surface area contributed by atoms with Gasteiger partial charge in [-0.05, 0) is 61.1 Å². The van der Waals surface area contributed by atoms with Crippen molar-refractivity contribution in [1.82, 2.24) is 4.98 Å². The first-order valence-electron chi connectivity index (χ1n) is 9.16. The van der Waals surface area contributed by atoms with Gasteiger partial charge in [0.05, 0.1) is 23.1 Å². The zero-order valence-corrected chi connectivity index (χ0v) is 15.8. The first-order chi connectivity index (χ1) is 12.3. The van der Waals surface area contributed by atoms with Crippen LogP contribution in [0.3, 0.4) is 0 Å². The predicted octanol–water partition coefficient (Wildman–Crippen LogP) is 4.92. The van der Waals surface area contributed by atoms with Gasteiger partial charge in [-0.1, -0.05) is 19.9 Å². The Bertz CT molecular complexity index is 912. The first kappa shape index (κ1) is 16.8. The van der Waals surface area contributed by atoms with Crippen molar-refractivity contribution in [3.8, 4) is 0 Å². The van der Waals surface area contributed by atoms with Crippen molar-refractivity contribution in [1.29, 1.82) is 0 Å². The average molecular weight is 347 g/mol. The Hall–Kier alpha value is -2.62. The Morgan fingerprint density at radius 1 is 1.08 bits per heavy atom. The molecule has 1 aromatic carbocycles. The van der Waals surface area contributed by atoms with Gasteiger partial charge in [-0.3, -0.25) is 9.78 Å². The Morgan fingerprint density at radius 3 is 2.50 bits per heavy atom. The number of ketones is 1. The Kier molecular flexibility index (Phi) is 3.87. The maximum absolute atomic E-state index is 13.1. The molecule has 0 fully saturated rings. The molecule has 1 aromatic heterocycles. The maximum Gasteiger partial charge on any atom is 0.163 e. The quantitative estimate of drug-likeness (QED) is 0.769. The molecule has 0 bridgehead atoms. The van der Waals surface area contributed by atoms with Crippen molar-refractivity contribution < 1.29 is 4.79 Å². The van der Waals surface area contributed by atoms with E-state index in [0.717, 1.165) is 34.8 Å². The van der Waals surface area contributed by atoms with Gasteiger partial charge in [0, 0.05) is 23.9 Å². The van der Waals surface area contributed by atoms with Crippen LogP contribution >= 0.6 is 0 Å². The third-order valence-corrected chi connectivity index (χ3v) is 5.41. The minimum atomic E-state index is -0.231. The van der Waals surface area contributed by atoms with Crippen molar-refractivity contribution in [3.05, 3.63) is 64.6 Å². The summed E-state index contributed by atoms with van der Waals surface area (Å²) in [5.74, 6) is 0.202. The van der Waals surface area contributed by atoms with Gasteiger partial charge >= 0.3 is 0 Å². The highest BCUT2D eigenvalue weighted by molar-refractivity contribution is 6.01. The fourth-order valence-corrected chi connectivity index (χ4v) is 3.98. The van der Waals surface area contributed by atoms with E-state index in [1.165, 1.54) is 11.1 Å². The summed E-state index contributed by atoms with van der Waals surface area (Å²) < 4.78 is 0. The molecule has 4 rings (SSSR count). The highest BCUT2D eigenvalue weighted by Gasteiger charge is 2.39. The Labute approximate surface area is 154 Å². The monoisotopic (exact) mass is 347 g/mol. The number of carbonyl (C=O) groups is 1. The zero-order valence-electron chi connectivity index (χ0n) is 15.8. The van der Waals surface area contributed by atoms with Crippen LogP contribution in [0.1, 0.15) is 49.6 Å². The number of anilines is 2. The first-order valence-corrected chi connectivity index (χ1v) is 9.16. The van der Waals surface area contributed by atoms with Crippen molar-refractivity contribution in [3.63, 3.8) is 0 Å². The molecule has 4 heteroatoms. The second kappa shape index (κ2) is 5.97. The van der Waals surface area contributed by atoms with E-state index in [0.29, 0.717) is 6.42 Å². The van der Waals surface area contributed by atoms with E-state index >= 15 is 0 Å². The molecule has 2 heterocycles. The van der Waals surface area contributed by atoms with Crippen LogP contribution in [0, 0.1) is 19.3 Å². The number of pyridine rings is 1. The Balaban J connectivity index is 1.91. The number of rotatable bonds is 1. The highest BCUT2D eigenvalue weighted by Crippen LogP contribution is 2.45. The minimum absolute atomic E-state index is 0.0399. The number of allylic oxidation sites excluding steroid dienone is 1. The molecule has 0 spiro atoms. The highest BCUT2D eigenvalue weighted by atomic mass is 16.1. The van der Waals surface area contributed by atoms with E-state index < -0.39 is 0 Å². The van der Waals surface area contributed by atoms with Crippen LogP contribution in [0.5, 0.6) is 0 Å². The number of benzene rings is 1. The van der Waals surface area contributed by atoms with Gasteiger partial charge < -0.3 is 10.6 Å². The fourth-order valence-electron chi connectivity index (χ4n) is 3.98. The summed E-state index contributed by atoms with van der Waals surface area (Å²) in [4.78, 5) is 17.6. The molecular formula is C22H25N3O. The number of aryl methyl sites for hydroxylation is 2. The van der Waals surface area contributed by atoms with Crippen molar-refractivity contribution in [2.45, 2.75) is 46.6 Å². The number of nitrogens with one attached hydrogen (secondary N) is 2. The number of hydrogen-bond donors (Lipinski definition) is 2. The molecule has 0 unspecified atom stereocenters. The molecule has 1 aliphatic heterocycles. The van der Waals surface area contributed by atoms with E-state index in [-0.39, 0.29) is 17.2 Å². The van der Waals surface area contributed by atoms with Gasteiger partial charge in [0.2, 0.25) is 0 Å². The van der Waals surface area contributed by atoms with E-state index in [1.807, 2.05) is 18.2 Å². The Morgan fingerprint density at radius 2 is 1.81 bits per heavy atom. The lowest BCUT2D eigenvalue weighted by molar-refractivity contribution is -0.118. The van der Waals surface area contributed by atoms with Crippen LogP contribution in [-0.2, 0) is 4.79 Å². The topological polar surface area (TPSA) is 54.0 Å². The fraction of sp³-hybridized carbons (Fsp3) is 0.364. The molecule has 26 heavy (non-hydrogen) atoms. The van der Waals surface area contributed by atoms with Gasteiger partial charge in [0.1, 0.15) is 0 Å². The molecule has 0 amide bonds. The van der Waals surface area contributed by atoms with Crippen LogP contribution in [0.2, 0.25) is 0 Å². The normalized spacial score (nSPS) is 21.2. The number of Topliss-reactive ketones (excluding diaryl/α,β-unsaturated/α-hetero) is 1. The molecule has 2 aromatic rings. The third kappa shape index (κ3) is 2.90. The number of aromatic nitrogens is 1. The minimum Gasteiger partial charge on any atom is -0.371 e. The molecule has 0 radical (unpaired) electrons. The van der Waals surface area contributed by atoms with Crippen molar-refractivity contribution >= 4 is 17.2 Å². The lowest BCUT2D eigenvalue weighted by atomic mass is 9.74. The van der Waals surface area contributed by atoms with E-state index in [9.17, 15) is 4.79 Å². The van der Waals surface area contributed by atoms with Crippen LogP contribution in [-0.4, -0.2) is 10.8 Å². The molecule has 2 aliphatic rings. The summed E-state index contributed by atoms with van der Waals surface area (Å²) in [6.45, 7) is 8.54. The summed E-state index contributed by atoms with van der Waals surface area (Å²) >= 11 is 0. The summed E-state index contributed by atoms with van der Waals surface area (Å²) in [6.07, 6.45) is 3.20. The third-order valence-electron chi connectivity index (χ3n) is 5.41. The molecule has 1 aliphatic carbocycles. The van der Waals surface area contributed by atoms with Gasteiger partial charge in [-0.15, -0.1) is 0 Å². The van der Waals surface area contributed by atoms with E-state index in [4.69, 9.17) is 0 Å². The van der Waals surface area contributed by atoms with Gasteiger partial charge in [0.25, 0.3) is 0 Å². The van der Waals surface area contributed by atoms with Gasteiger partial charge in [-0.2, -0.15) is 0 Å². The number of nitrogens with zero attached hydrogens (tertiary/aromatic N) is 1. The predicted molar refractivity (Wildman–Crippen MR) is 105 cm³/mol. The largest absolute Gasteiger partial charge is 0.371 e. The van der Waals surface area contributed by atoms with Crippen molar-refractivity contribution in [2.75, 3.05) is 10.6 Å². The van der Waals surface area contributed by atoms with Gasteiger partial charge in [-0.25, -0.2) is 0 Å². The maximum atomic E-state index is 13.1. The lowest BCUT2D eigenvalue weighted by Gasteiger charge is -2.33. The number of carbonyl (C=O) groups excluding carboxylic acids is 1. The van der Waals surface area contributed by atoms with E-state index in [1.54, 1.807) is 6.20 Å². The molecular weight excluding hydrogens is 322 g/mol. The molecule has 0 saturated heterocycles. The summed E-state index contributed by atoms with van der Waals surface area (Å²) in [7, 11) is 0. The summed E-state index contributed by atoms with van der Waals surface area (Å²) in [5.41, 5.74) is 7.20. The second-order valence-corrected chi connectivity index (χ2v) is 8.27. The molecule has 134 valence electrons. The second-order valence-electron chi connectivity index (χ2n) is 8.27. The van der Waals surface area contributed by atoms with Crippen molar-refractivity contribution in [2.24, 2.45) is 5.41 Å². The summed E-state index contributed by atoms with van der Waals surface area (Å²) in [6, 6.07) is 9.95. The van der Waals surface area contributed by atoms with Crippen LogP contribution in [0.25, 0.3) is 0 Å². The lowest BCUT2D eigenvalue weighted by Crippen LogP contribution is -2.31. The molecule has 0 saturated carbocycles. The smallest absolute Gasteiger partial charge is 0.163 e. The van der Waals surface area contributed by atoms with Gasteiger partial charge in [0.15, 0.2) is 5.78 Å². The molecule has 1 atom stereocenters. The standard InChI is InChI=1S/C22H25N3O/c1-13-9-16-17(10-14(13)2)25-21(15-7-5-6-8-23-15)20-18(24-16)11-22(3,4)12-19(20)26/h5-10,21,24-25H,11-12H2,1-4H3/t21-/m1/s1. The number of hydrogen-bond acceptors (Lipinski definition) is 4. The SMILES string of the molecule is Cc1cc2c(cc1C)N[C@H](c1ccccn1)C1=C(CC(C)(C)CC1=O)N2. The number of fused-ring (bicyclic) bond motifs is 1. The zero-order chi connectivity index (χ0) is 18.5. The van der Waals surface area contributed by atoms with Crippen LogP contribution in [0.4, 0.5) is 11.4 Å². The molecule has 4 nitrogen and oxygen atoms in total.